The summed E-state index contributed by atoms with van der Waals surface area (Å²) >= 11 is 6.12. The van der Waals surface area contributed by atoms with Crippen LogP contribution >= 0.6 is 11.6 Å². The van der Waals surface area contributed by atoms with E-state index in [2.05, 4.69) is 20.5 Å². The molecule has 188 valence electrons. The largest absolute Gasteiger partial charge is 0.326 e. The van der Waals surface area contributed by atoms with Gasteiger partial charge < -0.3 is 9.88 Å². The van der Waals surface area contributed by atoms with Crippen LogP contribution in [0, 0.1) is 5.82 Å². The van der Waals surface area contributed by atoms with Gasteiger partial charge in [0.15, 0.2) is 5.82 Å². The number of aromatic amines is 1. The number of aromatic nitrogens is 4. The predicted molar refractivity (Wildman–Crippen MR) is 134 cm³/mol. The Labute approximate surface area is 211 Å². The summed E-state index contributed by atoms with van der Waals surface area (Å²) < 4.78 is 15.7. The van der Waals surface area contributed by atoms with E-state index in [0.29, 0.717) is 37.2 Å². The summed E-state index contributed by atoms with van der Waals surface area (Å²) in [5.74, 6) is -0.573. The minimum atomic E-state index is -0.460. The first-order valence-corrected chi connectivity index (χ1v) is 12.0. The summed E-state index contributed by atoms with van der Waals surface area (Å²) in [6.07, 6.45) is 5.28. The lowest BCUT2D eigenvalue weighted by Gasteiger charge is -2.08. The number of anilines is 1. The van der Waals surface area contributed by atoms with Gasteiger partial charge >= 0.3 is 0 Å². The van der Waals surface area contributed by atoms with Crippen molar-refractivity contribution in [3.05, 3.63) is 65.2 Å². The zero-order valence-electron chi connectivity index (χ0n) is 19.4. The number of hydroxylamine groups is 1. The number of carbonyl (C=O) groups excluding carboxylic acids is 2. The lowest BCUT2D eigenvalue weighted by atomic mass is 10.1. The zero-order valence-corrected chi connectivity index (χ0v) is 20.2. The van der Waals surface area contributed by atoms with Crippen molar-refractivity contribution < 1.29 is 19.2 Å². The molecule has 0 unspecified atom stereocenters. The molecule has 0 saturated heterocycles. The van der Waals surface area contributed by atoms with E-state index in [1.165, 1.54) is 6.07 Å². The number of halogens is 2. The fourth-order valence-corrected chi connectivity index (χ4v) is 4.11. The van der Waals surface area contributed by atoms with Crippen molar-refractivity contribution in [2.24, 2.45) is 0 Å². The Morgan fingerprint density at radius 1 is 1.06 bits per heavy atom. The summed E-state index contributed by atoms with van der Waals surface area (Å²) in [5.41, 5.74) is 5.48. The number of amides is 2. The van der Waals surface area contributed by atoms with Crippen molar-refractivity contribution in [2.45, 2.75) is 45.1 Å². The van der Waals surface area contributed by atoms with Gasteiger partial charge in [-0.15, -0.1) is 0 Å². The third-order valence-electron chi connectivity index (χ3n) is 5.83. The molecule has 0 saturated carbocycles. The van der Waals surface area contributed by atoms with Crippen molar-refractivity contribution in [1.29, 1.82) is 0 Å². The van der Waals surface area contributed by atoms with Crippen LogP contribution in [0.4, 0.5) is 10.2 Å². The van der Waals surface area contributed by atoms with Crippen LogP contribution in [0.2, 0.25) is 5.02 Å². The lowest BCUT2D eigenvalue weighted by molar-refractivity contribution is -0.129. The number of imidazole rings is 1. The van der Waals surface area contributed by atoms with Gasteiger partial charge in [0.2, 0.25) is 11.8 Å². The van der Waals surface area contributed by atoms with E-state index in [1.807, 2.05) is 22.8 Å². The molecule has 4 rings (SSSR count). The molecule has 2 amide bonds. The van der Waals surface area contributed by atoms with Crippen molar-refractivity contribution >= 4 is 40.3 Å². The van der Waals surface area contributed by atoms with Gasteiger partial charge in [0.25, 0.3) is 0 Å². The fourth-order valence-electron chi connectivity index (χ4n) is 3.92. The molecule has 0 aliphatic heterocycles. The molecule has 36 heavy (non-hydrogen) atoms. The summed E-state index contributed by atoms with van der Waals surface area (Å²) in [6, 6.07) is 12.2. The van der Waals surface area contributed by atoms with E-state index in [9.17, 15) is 14.0 Å². The highest BCUT2D eigenvalue weighted by Gasteiger charge is 2.12. The van der Waals surface area contributed by atoms with Gasteiger partial charge in [-0.2, -0.15) is 5.10 Å². The van der Waals surface area contributed by atoms with E-state index >= 15 is 0 Å². The van der Waals surface area contributed by atoms with Crippen molar-refractivity contribution in [1.82, 2.24) is 25.2 Å². The summed E-state index contributed by atoms with van der Waals surface area (Å²) in [4.78, 5) is 27.6. The Morgan fingerprint density at radius 3 is 2.61 bits per heavy atom. The Balaban J connectivity index is 1.36. The molecular weight excluding hydrogens is 487 g/mol. The maximum Gasteiger partial charge on any atom is 0.243 e. The van der Waals surface area contributed by atoms with Crippen LogP contribution in [-0.2, 0) is 16.1 Å². The third kappa shape index (κ3) is 6.27. The second-order valence-corrected chi connectivity index (χ2v) is 8.83. The van der Waals surface area contributed by atoms with Gasteiger partial charge in [0.05, 0.1) is 34.6 Å². The second-order valence-electron chi connectivity index (χ2n) is 8.45. The van der Waals surface area contributed by atoms with Crippen LogP contribution in [0.15, 0.2) is 48.8 Å². The number of fused-ring (bicyclic) bond motifs is 1. The highest BCUT2D eigenvalue weighted by molar-refractivity contribution is 6.31. The highest BCUT2D eigenvalue weighted by atomic mass is 35.5. The summed E-state index contributed by atoms with van der Waals surface area (Å²) in [6.45, 7) is 0.370. The minimum Gasteiger partial charge on any atom is -0.326 e. The zero-order chi connectivity index (χ0) is 25.5. The third-order valence-corrected chi connectivity index (χ3v) is 6.26. The van der Waals surface area contributed by atoms with Crippen molar-refractivity contribution in [2.75, 3.05) is 5.32 Å². The Kier molecular flexibility index (Phi) is 8.29. The van der Waals surface area contributed by atoms with Crippen LogP contribution in [0.25, 0.3) is 22.3 Å². The topological polar surface area (TPSA) is 125 Å². The second kappa shape index (κ2) is 11.8. The fraction of sp³-hybridized carbons (Fsp3) is 0.280. The molecule has 0 bridgehead atoms. The predicted octanol–water partition coefficient (Wildman–Crippen LogP) is 5.05. The van der Waals surface area contributed by atoms with Crippen molar-refractivity contribution in [3.63, 3.8) is 0 Å². The molecule has 0 fully saturated rings. The minimum absolute atomic E-state index is 0.0959. The molecule has 4 N–H and O–H groups in total. The number of hydrogen-bond acceptors (Lipinski definition) is 5. The van der Waals surface area contributed by atoms with Crippen LogP contribution in [0.1, 0.15) is 44.1 Å². The SMILES string of the molecule is O=C(CCCCCCC(=O)Nc1cc(-c2ccc3ncn(Cc4cccc(F)c4Cl)c3c2)[nH]n1)NO. The molecule has 0 radical (unpaired) electrons. The summed E-state index contributed by atoms with van der Waals surface area (Å²) in [7, 11) is 0. The molecule has 11 heteroatoms. The number of rotatable bonds is 11. The number of benzene rings is 2. The summed E-state index contributed by atoms with van der Waals surface area (Å²) in [5, 5.41) is 18.5. The number of hydrogen-bond donors (Lipinski definition) is 4. The van der Waals surface area contributed by atoms with Gasteiger partial charge in [-0.05, 0) is 36.6 Å². The van der Waals surface area contributed by atoms with Crippen LogP contribution in [-0.4, -0.2) is 36.8 Å². The average Bonchev–Trinajstić information content (AvgIpc) is 3.50. The van der Waals surface area contributed by atoms with E-state index in [-0.39, 0.29) is 17.4 Å². The molecule has 0 aliphatic rings. The monoisotopic (exact) mass is 512 g/mol. The normalized spacial score (nSPS) is 11.1. The Hall–Kier alpha value is -3.76. The number of nitrogens with one attached hydrogen (secondary N) is 3. The van der Waals surface area contributed by atoms with E-state index in [4.69, 9.17) is 16.8 Å². The molecule has 0 atom stereocenters. The van der Waals surface area contributed by atoms with Gasteiger partial charge in [0.1, 0.15) is 5.82 Å². The Morgan fingerprint density at radius 2 is 1.83 bits per heavy atom. The van der Waals surface area contributed by atoms with Crippen molar-refractivity contribution in [3.8, 4) is 11.3 Å². The molecule has 2 aromatic heterocycles. The van der Waals surface area contributed by atoms with Gasteiger partial charge in [-0.25, -0.2) is 14.9 Å². The molecule has 4 aromatic rings. The molecule has 0 spiro atoms. The van der Waals surface area contributed by atoms with Gasteiger partial charge in [0, 0.05) is 24.5 Å². The Bertz CT molecular complexity index is 1370. The molecule has 2 heterocycles. The van der Waals surface area contributed by atoms with Crippen LogP contribution in [0.5, 0.6) is 0 Å². The maximum atomic E-state index is 13.8. The standard InChI is InChI=1S/C25H26ClFN6O3/c26-25-17(6-5-7-18(25)27)14-33-15-28-19-11-10-16(12-21(19)33)20-13-22(31-30-20)29-23(34)8-3-1-2-4-9-24(35)32-36/h5-7,10-13,15,36H,1-4,8-9,14H2,(H,32,35)(H2,29,30,31,34). The first kappa shape index (κ1) is 25.3. The number of H-pyrrole nitrogens is 1. The van der Waals surface area contributed by atoms with Crippen LogP contribution < -0.4 is 10.8 Å². The van der Waals surface area contributed by atoms with E-state index in [0.717, 1.165) is 35.1 Å². The molecular formula is C25H26ClFN6O3. The molecule has 0 aliphatic carbocycles. The lowest BCUT2D eigenvalue weighted by Crippen LogP contribution is -2.17. The van der Waals surface area contributed by atoms with Crippen LogP contribution in [0.3, 0.4) is 0 Å². The smallest absolute Gasteiger partial charge is 0.243 e. The van der Waals surface area contributed by atoms with E-state index < -0.39 is 11.7 Å². The molecule has 2 aromatic carbocycles. The highest BCUT2D eigenvalue weighted by Crippen LogP contribution is 2.26. The van der Waals surface area contributed by atoms with E-state index in [1.54, 1.807) is 30.0 Å². The maximum absolute atomic E-state index is 13.8. The number of unbranched alkanes of at least 4 members (excludes halogenated alkanes) is 3. The quantitative estimate of drug-likeness (QED) is 0.127. The molecule has 9 nitrogen and oxygen atoms in total. The number of nitrogens with zero attached hydrogens (tertiary/aromatic N) is 3. The van der Waals surface area contributed by atoms with Gasteiger partial charge in [-0.1, -0.05) is 42.6 Å². The number of carbonyl (C=O) groups is 2. The first-order valence-electron chi connectivity index (χ1n) is 11.6. The average molecular weight is 513 g/mol. The first-order chi connectivity index (χ1) is 17.4. The van der Waals surface area contributed by atoms with Gasteiger partial charge in [-0.3, -0.25) is 19.9 Å².